The highest BCUT2D eigenvalue weighted by atomic mass is 32.1. The molecule has 1 amide bonds. The summed E-state index contributed by atoms with van der Waals surface area (Å²) in [6.45, 7) is 4.05. The number of hydrogen-bond donors (Lipinski definition) is 0. The number of aryl methyl sites for hydroxylation is 2. The van der Waals surface area contributed by atoms with Gasteiger partial charge in [0.15, 0.2) is 0 Å². The summed E-state index contributed by atoms with van der Waals surface area (Å²) in [4.78, 5) is 29.1. The van der Waals surface area contributed by atoms with Crippen LogP contribution in [-0.2, 0) is 11.3 Å². The van der Waals surface area contributed by atoms with Crippen LogP contribution >= 0.6 is 11.3 Å². The smallest absolute Gasteiger partial charge is 0.224 e. The molecule has 1 saturated heterocycles. The topological polar surface area (TPSA) is 76.8 Å². The molecule has 1 aliphatic heterocycles. The van der Waals surface area contributed by atoms with Gasteiger partial charge in [0, 0.05) is 31.1 Å². The van der Waals surface area contributed by atoms with E-state index in [0.717, 1.165) is 41.5 Å². The highest BCUT2D eigenvalue weighted by Gasteiger charge is 2.27. The third-order valence-electron chi connectivity index (χ3n) is 4.81. The maximum atomic E-state index is 12.6. The summed E-state index contributed by atoms with van der Waals surface area (Å²) >= 11 is 1.68. The van der Waals surface area contributed by atoms with Gasteiger partial charge in [-0.25, -0.2) is 15.0 Å². The predicted molar refractivity (Wildman–Crippen MR) is 103 cm³/mol. The first-order valence-electron chi connectivity index (χ1n) is 9.18. The Kier molecular flexibility index (Phi) is 5.24. The van der Waals surface area contributed by atoms with Crippen molar-refractivity contribution in [2.45, 2.75) is 38.6 Å². The van der Waals surface area contributed by atoms with Crippen molar-refractivity contribution in [3.63, 3.8) is 0 Å². The Hall–Kier alpha value is -2.61. The molecule has 0 radical (unpaired) electrons. The van der Waals surface area contributed by atoms with Crippen LogP contribution < -0.4 is 0 Å². The summed E-state index contributed by atoms with van der Waals surface area (Å²) in [5, 5.41) is 6.11. The van der Waals surface area contributed by atoms with Gasteiger partial charge in [0.2, 0.25) is 5.91 Å². The molecule has 1 unspecified atom stereocenters. The zero-order valence-electron chi connectivity index (χ0n) is 15.3. The lowest BCUT2D eigenvalue weighted by Crippen LogP contribution is -2.40. The normalized spacial score (nSPS) is 17.2. The minimum absolute atomic E-state index is 0.154. The van der Waals surface area contributed by atoms with Gasteiger partial charge in [0.25, 0.3) is 0 Å². The molecule has 140 valence electrons. The largest absolute Gasteiger partial charge is 0.342 e. The Morgan fingerprint density at radius 3 is 3.07 bits per heavy atom. The van der Waals surface area contributed by atoms with Crippen LogP contribution in [0.15, 0.2) is 36.2 Å². The fourth-order valence-electron chi connectivity index (χ4n) is 3.46. The quantitative estimate of drug-likeness (QED) is 0.678. The average molecular weight is 382 g/mol. The third kappa shape index (κ3) is 4.21. The van der Waals surface area contributed by atoms with E-state index in [1.807, 2.05) is 24.0 Å². The number of amides is 1. The molecule has 0 N–H and O–H groups in total. The van der Waals surface area contributed by atoms with E-state index < -0.39 is 0 Å². The number of likely N-dealkylation sites (tertiary alicyclic amines) is 1. The molecule has 3 aromatic heterocycles. The Balaban J connectivity index is 1.45. The minimum Gasteiger partial charge on any atom is -0.342 e. The highest BCUT2D eigenvalue weighted by molar-refractivity contribution is 7.13. The fraction of sp³-hybridized carbons (Fsp3) is 0.421. The summed E-state index contributed by atoms with van der Waals surface area (Å²) < 4.78 is 1.69. The predicted octanol–water partition coefficient (Wildman–Crippen LogP) is 2.90. The Labute approximate surface area is 162 Å². The number of rotatable bonds is 5. The van der Waals surface area contributed by atoms with Gasteiger partial charge < -0.3 is 4.90 Å². The molecule has 0 aliphatic carbocycles. The number of hydrogen-bond acceptors (Lipinski definition) is 6. The lowest BCUT2D eigenvalue weighted by molar-refractivity contribution is -0.132. The second-order valence-corrected chi connectivity index (χ2v) is 7.77. The molecule has 0 bridgehead atoms. The molecule has 3 aromatic rings. The molecule has 1 fully saturated rings. The van der Waals surface area contributed by atoms with E-state index >= 15 is 0 Å². The second-order valence-electron chi connectivity index (χ2n) is 6.82. The Morgan fingerprint density at radius 1 is 1.37 bits per heavy atom. The molecule has 1 aliphatic rings. The maximum absolute atomic E-state index is 12.6. The minimum atomic E-state index is 0.154. The Morgan fingerprint density at radius 2 is 2.30 bits per heavy atom. The molecule has 4 heterocycles. The zero-order valence-corrected chi connectivity index (χ0v) is 16.1. The van der Waals surface area contributed by atoms with E-state index in [4.69, 9.17) is 4.98 Å². The highest BCUT2D eigenvalue weighted by Crippen LogP contribution is 2.29. The van der Waals surface area contributed by atoms with Crippen LogP contribution in [0.25, 0.3) is 10.6 Å². The number of nitrogens with zero attached hydrogens (tertiary/aromatic N) is 6. The number of carbonyl (C=O) groups is 1. The van der Waals surface area contributed by atoms with Gasteiger partial charge in [-0.1, -0.05) is 6.07 Å². The van der Waals surface area contributed by atoms with E-state index in [1.54, 1.807) is 22.3 Å². The summed E-state index contributed by atoms with van der Waals surface area (Å²) in [5.41, 5.74) is 1.94. The van der Waals surface area contributed by atoms with Crippen LogP contribution in [0.5, 0.6) is 0 Å². The number of aromatic nitrogens is 5. The molecule has 8 heteroatoms. The van der Waals surface area contributed by atoms with Gasteiger partial charge in [-0.05, 0) is 37.3 Å². The average Bonchev–Trinajstić information content (AvgIpc) is 3.39. The van der Waals surface area contributed by atoms with Crippen LogP contribution in [0, 0.1) is 6.92 Å². The first-order chi connectivity index (χ1) is 13.2. The van der Waals surface area contributed by atoms with Crippen molar-refractivity contribution < 1.29 is 4.79 Å². The van der Waals surface area contributed by atoms with E-state index in [-0.39, 0.29) is 11.8 Å². The van der Waals surface area contributed by atoms with Gasteiger partial charge >= 0.3 is 0 Å². The zero-order chi connectivity index (χ0) is 18.6. The van der Waals surface area contributed by atoms with Gasteiger partial charge in [-0.2, -0.15) is 5.10 Å². The van der Waals surface area contributed by atoms with Gasteiger partial charge in [0.1, 0.15) is 18.5 Å². The summed E-state index contributed by atoms with van der Waals surface area (Å²) in [6.07, 6.45) is 5.55. The van der Waals surface area contributed by atoms with E-state index in [2.05, 4.69) is 26.5 Å². The molecule has 0 spiro atoms. The van der Waals surface area contributed by atoms with Crippen LogP contribution in [0.3, 0.4) is 0 Å². The van der Waals surface area contributed by atoms with Crippen molar-refractivity contribution >= 4 is 17.2 Å². The Bertz CT molecular complexity index is 893. The number of thiophene rings is 1. The molecule has 1 atom stereocenters. The van der Waals surface area contributed by atoms with E-state index in [9.17, 15) is 4.79 Å². The molecule has 0 aromatic carbocycles. The van der Waals surface area contributed by atoms with Gasteiger partial charge in [0.05, 0.1) is 17.1 Å². The van der Waals surface area contributed by atoms with Crippen LogP contribution in [0.1, 0.15) is 36.7 Å². The maximum Gasteiger partial charge on any atom is 0.224 e. The summed E-state index contributed by atoms with van der Waals surface area (Å²) in [5.74, 6) is 1.20. The molecule has 0 saturated carbocycles. The molecular formula is C19H22N6OS. The van der Waals surface area contributed by atoms with Crippen molar-refractivity contribution in [1.82, 2.24) is 29.6 Å². The molecular weight excluding hydrogens is 360 g/mol. The molecule has 27 heavy (non-hydrogen) atoms. The monoisotopic (exact) mass is 382 g/mol. The fourth-order valence-corrected chi connectivity index (χ4v) is 4.14. The number of piperidine rings is 1. The van der Waals surface area contributed by atoms with E-state index in [1.165, 1.54) is 6.33 Å². The van der Waals surface area contributed by atoms with Crippen LogP contribution in [0.2, 0.25) is 0 Å². The van der Waals surface area contributed by atoms with Crippen LogP contribution in [-0.4, -0.2) is 48.6 Å². The van der Waals surface area contributed by atoms with E-state index in [0.29, 0.717) is 19.5 Å². The lowest BCUT2D eigenvalue weighted by Gasteiger charge is -2.32. The number of carbonyl (C=O) groups excluding carboxylic acids is 1. The standard InChI is InChI=1S/C19H22N6OS/c1-14-10-16(17-5-3-9-27-17)23-19(22-14)15-4-2-7-24(11-15)18(26)6-8-25-13-20-12-21-25/h3,5,9-10,12-13,15H,2,4,6-8,11H2,1H3. The van der Waals surface area contributed by atoms with Crippen molar-refractivity contribution in [3.05, 3.63) is 47.8 Å². The lowest BCUT2D eigenvalue weighted by atomic mass is 9.96. The van der Waals surface area contributed by atoms with Crippen molar-refractivity contribution in [2.75, 3.05) is 13.1 Å². The van der Waals surface area contributed by atoms with Gasteiger partial charge in [-0.3, -0.25) is 9.48 Å². The molecule has 7 nitrogen and oxygen atoms in total. The first kappa shape index (κ1) is 17.8. The van der Waals surface area contributed by atoms with Crippen molar-refractivity contribution in [1.29, 1.82) is 0 Å². The summed E-state index contributed by atoms with van der Waals surface area (Å²) in [7, 11) is 0. The van der Waals surface area contributed by atoms with Gasteiger partial charge in [-0.15, -0.1) is 11.3 Å². The van der Waals surface area contributed by atoms with Crippen molar-refractivity contribution in [3.8, 4) is 10.6 Å². The van der Waals surface area contributed by atoms with Crippen LogP contribution in [0.4, 0.5) is 0 Å². The molecule has 4 rings (SSSR count). The SMILES string of the molecule is Cc1cc(-c2cccs2)nc(C2CCCN(C(=O)CCn3cncn3)C2)n1. The third-order valence-corrected chi connectivity index (χ3v) is 5.70. The van der Waals surface area contributed by atoms with Crippen molar-refractivity contribution in [2.24, 2.45) is 0 Å². The first-order valence-corrected chi connectivity index (χ1v) is 10.1. The second kappa shape index (κ2) is 7.96. The summed E-state index contributed by atoms with van der Waals surface area (Å²) in [6, 6.07) is 6.14.